The van der Waals surface area contributed by atoms with Crippen LogP contribution in [0.2, 0.25) is 0 Å². The molecule has 0 bridgehead atoms. The number of aryl methyl sites for hydroxylation is 1. The quantitative estimate of drug-likeness (QED) is 0.840. The molecule has 0 aliphatic carbocycles. The Hall–Kier alpha value is -1.55. The molecule has 0 fully saturated rings. The van der Waals surface area contributed by atoms with Gasteiger partial charge in [-0.05, 0) is 45.4 Å². The smallest absolute Gasteiger partial charge is 0.251 e. The number of benzene rings is 1. The summed E-state index contributed by atoms with van der Waals surface area (Å²) in [6, 6.07) is 5.33. The lowest BCUT2D eigenvalue weighted by Crippen LogP contribution is -2.46. The molecule has 1 amide bonds. The molecule has 1 aromatic carbocycles. The molecule has 1 rings (SSSR count). The summed E-state index contributed by atoms with van der Waals surface area (Å²) in [6.45, 7) is 7.83. The van der Waals surface area contributed by atoms with Crippen LogP contribution in [0, 0.1) is 6.92 Å². The van der Waals surface area contributed by atoms with Gasteiger partial charge in [0, 0.05) is 5.56 Å². The van der Waals surface area contributed by atoms with E-state index in [0.29, 0.717) is 17.9 Å². The molecule has 2 N–H and O–H groups in total. The first-order chi connectivity index (χ1) is 8.39. The first-order valence-electron chi connectivity index (χ1n) is 6.06. The van der Waals surface area contributed by atoms with Crippen LogP contribution in [0.5, 0.6) is 5.75 Å². The van der Waals surface area contributed by atoms with Gasteiger partial charge in [-0.1, -0.05) is 6.07 Å². The fraction of sp³-hybridized carbons (Fsp3) is 0.500. The Bertz CT molecular complexity index is 427. The standard InChI is InChI=1S/C14H21NO3/c1-5-18-12-8-11(7-6-10(12)2)13(17)15-14(3,4)9-16/h6-8,16H,5,9H2,1-4H3,(H,15,17). The molecule has 0 atom stereocenters. The molecule has 0 spiro atoms. The predicted molar refractivity (Wildman–Crippen MR) is 71.0 cm³/mol. The van der Waals surface area contributed by atoms with Crippen LogP contribution < -0.4 is 10.1 Å². The number of hydrogen-bond donors (Lipinski definition) is 2. The third-order valence-electron chi connectivity index (χ3n) is 2.60. The van der Waals surface area contributed by atoms with Gasteiger partial charge in [-0.25, -0.2) is 0 Å². The molecule has 18 heavy (non-hydrogen) atoms. The van der Waals surface area contributed by atoms with Gasteiger partial charge in [0.25, 0.3) is 5.91 Å². The van der Waals surface area contributed by atoms with Crippen molar-refractivity contribution in [3.05, 3.63) is 29.3 Å². The lowest BCUT2D eigenvalue weighted by molar-refractivity contribution is 0.0869. The molecule has 0 saturated heterocycles. The Kier molecular flexibility index (Phi) is 4.73. The normalized spacial score (nSPS) is 11.2. The summed E-state index contributed by atoms with van der Waals surface area (Å²) in [5.74, 6) is 0.502. The fourth-order valence-electron chi connectivity index (χ4n) is 1.47. The third-order valence-corrected chi connectivity index (χ3v) is 2.60. The molecule has 0 unspecified atom stereocenters. The summed E-state index contributed by atoms with van der Waals surface area (Å²) >= 11 is 0. The molecular weight excluding hydrogens is 230 g/mol. The molecule has 100 valence electrons. The van der Waals surface area contributed by atoms with Gasteiger partial charge in [0.15, 0.2) is 0 Å². The van der Waals surface area contributed by atoms with Crippen LogP contribution >= 0.6 is 0 Å². The predicted octanol–water partition coefficient (Wildman–Crippen LogP) is 1.89. The highest BCUT2D eigenvalue weighted by atomic mass is 16.5. The number of amides is 1. The van der Waals surface area contributed by atoms with Crippen molar-refractivity contribution in [3.8, 4) is 5.75 Å². The van der Waals surface area contributed by atoms with Crippen LogP contribution in [-0.4, -0.2) is 29.8 Å². The van der Waals surface area contributed by atoms with Gasteiger partial charge in [0.2, 0.25) is 0 Å². The van der Waals surface area contributed by atoms with Gasteiger partial charge in [-0.15, -0.1) is 0 Å². The van der Waals surface area contributed by atoms with Crippen LogP contribution in [0.3, 0.4) is 0 Å². The van der Waals surface area contributed by atoms with Gasteiger partial charge in [-0.3, -0.25) is 4.79 Å². The monoisotopic (exact) mass is 251 g/mol. The highest BCUT2D eigenvalue weighted by Gasteiger charge is 2.20. The van der Waals surface area contributed by atoms with E-state index in [1.807, 2.05) is 19.9 Å². The zero-order valence-corrected chi connectivity index (χ0v) is 11.4. The lowest BCUT2D eigenvalue weighted by atomic mass is 10.1. The second-order valence-electron chi connectivity index (χ2n) is 4.91. The summed E-state index contributed by atoms with van der Waals surface area (Å²) in [7, 11) is 0. The van der Waals surface area contributed by atoms with E-state index in [0.717, 1.165) is 5.56 Å². The number of aliphatic hydroxyl groups is 1. The Morgan fingerprint density at radius 2 is 2.11 bits per heavy atom. The first kappa shape index (κ1) is 14.5. The van der Waals surface area contributed by atoms with Crippen LogP contribution in [0.1, 0.15) is 36.7 Å². The maximum atomic E-state index is 12.0. The van der Waals surface area contributed by atoms with Crippen LogP contribution in [-0.2, 0) is 0 Å². The summed E-state index contributed by atoms with van der Waals surface area (Å²) in [5, 5.41) is 11.9. The molecule has 0 aromatic heterocycles. The van der Waals surface area contributed by atoms with Crippen molar-refractivity contribution in [2.45, 2.75) is 33.2 Å². The minimum absolute atomic E-state index is 0.108. The van der Waals surface area contributed by atoms with Crippen molar-refractivity contribution in [1.82, 2.24) is 5.32 Å². The molecule has 0 saturated carbocycles. The van der Waals surface area contributed by atoms with Gasteiger partial charge < -0.3 is 15.2 Å². The first-order valence-corrected chi connectivity index (χ1v) is 6.06. The Labute approximate surface area is 108 Å². The number of nitrogens with one attached hydrogen (secondary N) is 1. The van der Waals surface area contributed by atoms with E-state index >= 15 is 0 Å². The minimum Gasteiger partial charge on any atom is -0.494 e. The molecule has 0 radical (unpaired) electrons. The Morgan fingerprint density at radius 1 is 1.44 bits per heavy atom. The number of carbonyl (C=O) groups excluding carboxylic acids is 1. The van der Waals surface area contributed by atoms with E-state index in [4.69, 9.17) is 9.84 Å². The fourth-order valence-corrected chi connectivity index (χ4v) is 1.47. The van der Waals surface area contributed by atoms with Gasteiger partial charge in [0.1, 0.15) is 5.75 Å². The van der Waals surface area contributed by atoms with E-state index in [9.17, 15) is 4.79 Å². The summed E-state index contributed by atoms with van der Waals surface area (Å²) in [6.07, 6.45) is 0. The maximum absolute atomic E-state index is 12.0. The highest BCUT2D eigenvalue weighted by molar-refractivity contribution is 5.95. The van der Waals surface area contributed by atoms with Crippen LogP contribution in [0.25, 0.3) is 0 Å². The Balaban J connectivity index is 2.90. The van der Waals surface area contributed by atoms with Crippen molar-refractivity contribution < 1.29 is 14.6 Å². The maximum Gasteiger partial charge on any atom is 0.251 e. The molecule has 0 heterocycles. The zero-order chi connectivity index (χ0) is 13.8. The van der Waals surface area contributed by atoms with Crippen LogP contribution in [0.15, 0.2) is 18.2 Å². The zero-order valence-electron chi connectivity index (χ0n) is 11.4. The van der Waals surface area contributed by atoms with E-state index < -0.39 is 5.54 Å². The van der Waals surface area contributed by atoms with Crippen molar-refractivity contribution in [2.24, 2.45) is 0 Å². The van der Waals surface area contributed by atoms with Crippen molar-refractivity contribution in [1.29, 1.82) is 0 Å². The average Bonchev–Trinajstić information content (AvgIpc) is 2.31. The number of ether oxygens (including phenoxy) is 1. The largest absolute Gasteiger partial charge is 0.494 e. The molecule has 0 aliphatic heterocycles. The summed E-state index contributed by atoms with van der Waals surface area (Å²) in [4.78, 5) is 12.0. The summed E-state index contributed by atoms with van der Waals surface area (Å²) < 4.78 is 5.45. The highest BCUT2D eigenvalue weighted by Crippen LogP contribution is 2.20. The molecule has 1 aromatic rings. The number of aliphatic hydroxyl groups excluding tert-OH is 1. The SMILES string of the molecule is CCOc1cc(C(=O)NC(C)(C)CO)ccc1C. The molecule has 4 nitrogen and oxygen atoms in total. The van der Waals surface area contributed by atoms with Crippen molar-refractivity contribution in [2.75, 3.05) is 13.2 Å². The van der Waals surface area contributed by atoms with Crippen LogP contribution in [0.4, 0.5) is 0 Å². The minimum atomic E-state index is -0.631. The second-order valence-corrected chi connectivity index (χ2v) is 4.91. The van der Waals surface area contributed by atoms with E-state index in [1.165, 1.54) is 0 Å². The molecule has 4 heteroatoms. The third kappa shape index (κ3) is 3.74. The van der Waals surface area contributed by atoms with Crippen molar-refractivity contribution in [3.63, 3.8) is 0 Å². The summed E-state index contributed by atoms with van der Waals surface area (Å²) in [5.41, 5.74) is 0.897. The van der Waals surface area contributed by atoms with E-state index in [2.05, 4.69) is 5.32 Å². The number of carbonyl (C=O) groups is 1. The van der Waals surface area contributed by atoms with Crippen molar-refractivity contribution >= 4 is 5.91 Å². The molecular formula is C14H21NO3. The lowest BCUT2D eigenvalue weighted by Gasteiger charge is -2.23. The van der Waals surface area contributed by atoms with Gasteiger partial charge in [-0.2, -0.15) is 0 Å². The van der Waals surface area contributed by atoms with E-state index in [1.54, 1.807) is 26.0 Å². The Morgan fingerprint density at radius 3 is 2.67 bits per heavy atom. The van der Waals surface area contributed by atoms with E-state index in [-0.39, 0.29) is 12.5 Å². The number of hydrogen-bond acceptors (Lipinski definition) is 3. The topological polar surface area (TPSA) is 58.6 Å². The van der Waals surface area contributed by atoms with Gasteiger partial charge in [0.05, 0.1) is 18.8 Å². The van der Waals surface area contributed by atoms with Gasteiger partial charge >= 0.3 is 0 Å². The number of rotatable bonds is 5. The molecule has 0 aliphatic rings. The second kappa shape index (κ2) is 5.87. The average molecular weight is 251 g/mol.